The van der Waals surface area contributed by atoms with Crippen LogP contribution in [-0.4, -0.2) is 76.1 Å². The van der Waals surface area contributed by atoms with E-state index in [1.807, 2.05) is 25.7 Å². The van der Waals surface area contributed by atoms with Gasteiger partial charge in [-0.15, -0.1) is 0 Å². The van der Waals surface area contributed by atoms with Crippen LogP contribution in [-0.2, 0) is 14.4 Å². The summed E-state index contributed by atoms with van der Waals surface area (Å²) in [6.07, 6.45) is 8.10. The van der Waals surface area contributed by atoms with Gasteiger partial charge in [0.15, 0.2) is 0 Å². The van der Waals surface area contributed by atoms with Gasteiger partial charge >= 0.3 is 0 Å². The molecule has 316 valence electrons. The Morgan fingerprint density at radius 2 is 1.47 bits per heavy atom. The van der Waals surface area contributed by atoms with E-state index < -0.39 is 6.04 Å². The highest BCUT2D eigenvalue weighted by atomic mass is 16.2. The van der Waals surface area contributed by atoms with Crippen LogP contribution in [0.5, 0.6) is 0 Å². The summed E-state index contributed by atoms with van der Waals surface area (Å²) in [4.78, 5) is 48.0. The number of nitrogens with zero attached hydrogens (tertiary/aromatic N) is 3. The van der Waals surface area contributed by atoms with Gasteiger partial charge in [0.25, 0.3) is 0 Å². The van der Waals surface area contributed by atoms with Crippen LogP contribution in [0, 0.1) is 18.8 Å². The molecular formula is C49H67N7O3. The third-order valence-electron chi connectivity index (χ3n) is 11.8. The van der Waals surface area contributed by atoms with Crippen LogP contribution in [0.25, 0.3) is 33.3 Å². The fourth-order valence-electron chi connectivity index (χ4n) is 8.48. The highest BCUT2D eigenvalue weighted by Crippen LogP contribution is 2.36. The number of amides is 2. The van der Waals surface area contributed by atoms with E-state index >= 15 is 0 Å². The predicted molar refractivity (Wildman–Crippen MR) is 243 cm³/mol. The lowest BCUT2D eigenvalue weighted by Gasteiger charge is -2.36. The number of likely N-dealkylation sites (N-methyl/N-ethyl adjacent to an activating group) is 1. The lowest BCUT2D eigenvalue weighted by atomic mass is 9.98. The normalized spacial score (nSPS) is 17.8. The molecule has 59 heavy (non-hydrogen) atoms. The topological polar surface area (TPSA) is 122 Å². The number of H-pyrrole nitrogens is 1. The Balaban J connectivity index is 0.00000158. The van der Waals surface area contributed by atoms with Crippen molar-refractivity contribution in [3.05, 3.63) is 96.1 Å². The van der Waals surface area contributed by atoms with Crippen molar-refractivity contribution in [1.82, 2.24) is 30.4 Å². The van der Waals surface area contributed by atoms with Gasteiger partial charge in [-0.05, 0) is 104 Å². The molecule has 1 aromatic heterocycles. The molecule has 2 aliphatic heterocycles. The van der Waals surface area contributed by atoms with E-state index in [1.54, 1.807) is 6.92 Å². The second-order valence-corrected chi connectivity index (χ2v) is 16.6. The molecule has 0 aliphatic carbocycles. The summed E-state index contributed by atoms with van der Waals surface area (Å²) in [7, 11) is 2.05. The van der Waals surface area contributed by atoms with Crippen molar-refractivity contribution in [2.45, 2.75) is 118 Å². The first kappa shape index (κ1) is 44.9. The number of hydrogen-bond donors (Lipinski definition) is 4. The van der Waals surface area contributed by atoms with E-state index in [9.17, 15) is 14.4 Å². The minimum absolute atomic E-state index is 0.00930. The summed E-state index contributed by atoms with van der Waals surface area (Å²) in [6, 6.07) is 21.5. The smallest absolute Gasteiger partial charge is 0.246 e. The molecule has 10 heteroatoms. The van der Waals surface area contributed by atoms with Gasteiger partial charge in [-0.3, -0.25) is 9.59 Å². The molecule has 3 aromatic carbocycles. The van der Waals surface area contributed by atoms with Gasteiger partial charge in [0.05, 0.1) is 23.1 Å². The van der Waals surface area contributed by atoms with Crippen LogP contribution in [0.1, 0.15) is 104 Å². The lowest BCUT2D eigenvalue weighted by Crippen LogP contribution is -2.51. The number of nitrogens with one attached hydrogen (secondary N) is 4. The van der Waals surface area contributed by atoms with Crippen molar-refractivity contribution in [1.29, 1.82) is 0 Å². The number of carbonyl (C=O) groups excluding carboxylic acids is 3. The van der Waals surface area contributed by atoms with Crippen molar-refractivity contribution in [3.8, 4) is 22.3 Å². The Bertz CT molecular complexity index is 2100. The van der Waals surface area contributed by atoms with Crippen molar-refractivity contribution < 1.29 is 14.4 Å². The first-order chi connectivity index (χ1) is 28.3. The largest absolute Gasteiger partial charge is 0.365 e. The molecule has 4 atom stereocenters. The summed E-state index contributed by atoms with van der Waals surface area (Å²) in [5.41, 5.74) is 11.0. The number of anilines is 1. The second kappa shape index (κ2) is 20.7. The predicted octanol–water partition coefficient (Wildman–Crippen LogP) is 9.55. The maximum absolute atomic E-state index is 13.7. The van der Waals surface area contributed by atoms with Crippen LogP contribution in [0.4, 0.5) is 5.69 Å². The average Bonchev–Trinajstić information content (AvgIpc) is 4.02. The third-order valence-corrected chi connectivity index (χ3v) is 11.8. The molecule has 6 rings (SSSR count). The molecule has 2 fully saturated rings. The van der Waals surface area contributed by atoms with E-state index in [2.05, 4.69) is 134 Å². The second-order valence-electron chi connectivity index (χ2n) is 16.6. The van der Waals surface area contributed by atoms with E-state index in [4.69, 9.17) is 4.98 Å². The summed E-state index contributed by atoms with van der Waals surface area (Å²) in [5, 5.41) is 10.2. The van der Waals surface area contributed by atoms with Gasteiger partial charge in [-0.2, -0.15) is 0 Å². The maximum Gasteiger partial charge on any atom is 0.246 e. The number of aromatic amines is 1. The van der Waals surface area contributed by atoms with Crippen LogP contribution >= 0.6 is 0 Å². The minimum Gasteiger partial charge on any atom is -0.365 e. The zero-order valence-electron chi connectivity index (χ0n) is 36.8. The SMILES string of the molecule is C=C(Nc1cc(-c2ccc(-c3ccc4nc([C@@H]5CCCN5C(=O)[C@@H](NC(=O)CC)C(C)C)[nH]c4c3)cc2)ccc1C)C1CCCN1C(=CC)C(NC)C(C)C.CCC=O. The summed E-state index contributed by atoms with van der Waals surface area (Å²) in [5.74, 6) is 1.13. The third kappa shape index (κ3) is 10.5. The molecule has 4 N–H and O–H groups in total. The van der Waals surface area contributed by atoms with Gasteiger partial charge in [-0.25, -0.2) is 4.98 Å². The number of likely N-dealkylation sites (tertiary alicyclic amines) is 2. The molecule has 10 nitrogen and oxygen atoms in total. The number of rotatable bonds is 15. The molecular weight excluding hydrogens is 735 g/mol. The van der Waals surface area contributed by atoms with Crippen LogP contribution in [0.2, 0.25) is 0 Å². The first-order valence-electron chi connectivity index (χ1n) is 21.7. The highest BCUT2D eigenvalue weighted by molar-refractivity contribution is 5.88. The molecule has 0 radical (unpaired) electrons. The van der Waals surface area contributed by atoms with Crippen molar-refractivity contribution in [2.24, 2.45) is 11.8 Å². The number of carbonyl (C=O) groups is 3. The standard InChI is InChI=1S/C46H61N7O2.C3H6O/c1-10-39(43(47-9)28(3)4)52-24-12-14-40(52)31(8)48-37-26-34(17-16-30(37)7)32-18-20-33(21-19-32)35-22-23-36-38(27-35)50-45(49-36)41-15-13-25-53(41)46(55)44(29(5)6)51-42(54)11-2;1-2-3-4/h10,16-23,26-29,40-41,43-44,47-48H,8,11-15,24-25H2,1-7,9H3,(H,49,50)(H,51,54);3H,2H2,1H3/t40?,41-,43?,44-;/m0./s1. The molecule has 0 saturated carbocycles. The van der Waals surface area contributed by atoms with E-state index in [0.29, 0.717) is 31.3 Å². The number of aromatic nitrogens is 2. The monoisotopic (exact) mass is 802 g/mol. The number of fused-ring (bicyclic) bond motifs is 1. The Hall–Kier alpha value is -5.22. The van der Waals surface area contributed by atoms with E-state index in [1.165, 1.54) is 11.3 Å². The van der Waals surface area contributed by atoms with Crippen molar-refractivity contribution >= 4 is 34.8 Å². The molecule has 0 bridgehead atoms. The van der Waals surface area contributed by atoms with Crippen molar-refractivity contribution in [3.63, 3.8) is 0 Å². The maximum atomic E-state index is 13.7. The minimum atomic E-state index is -0.546. The fraction of sp³-hybridized carbons (Fsp3) is 0.469. The zero-order chi connectivity index (χ0) is 42.8. The molecule has 0 spiro atoms. The number of imidazole rings is 1. The number of aryl methyl sites for hydroxylation is 1. The summed E-state index contributed by atoms with van der Waals surface area (Å²) >= 11 is 0. The zero-order valence-corrected chi connectivity index (χ0v) is 36.8. The van der Waals surface area contributed by atoms with Gasteiger partial charge in [0, 0.05) is 49.1 Å². The Morgan fingerprint density at radius 1 is 0.881 bits per heavy atom. The molecule has 4 aromatic rings. The van der Waals surface area contributed by atoms with Gasteiger partial charge in [-0.1, -0.05) is 96.7 Å². The van der Waals surface area contributed by atoms with Gasteiger partial charge in [0.2, 0.25) is 11.8 Å². The molecule has 2 aliphatic rings. The van der Waals surface area contributed by atoms with Gasteiger partial charge in [0.1, 0.15) is 18.2 Å². The van der Waals surface area contributed by atoms with Gasteiger partial charge < -0.3 is 35.5 Å². The van der Waals surface area contributed by atoms with Crippen molar-refractivity contribution in [2.75, 3.05) is 25.5 Å². The quantitative estimate of drug-likeness (QED) is 0.0884. The Morgan fingerprint density at radius 3 is 2.07 bits per heavy atom. The molecule has 2 amide bonds. The van der Waals surface area contributed by atoms with Crippen LogP contribution in [0.3, 0.4) is 0 Å². The molecule has 2 unspecified atom stereocenters. The lowest BCUT2D eigenvalue weighted by molar-refractivity contribution is -0.138. The van der Waals surface area contributed by atoms with Crippen LogP contribution in [0.15, 0.2) is 84.7 Å². The Labute approximate surface area is 352 Å². The average molecular weight is 802 g/mol. The first-order valence-corrected chi connectivity index (χ1v) is 21.7. The van der Waals surface area contributed by atoms with E-state index in [-0.39, 0.29) is 29.8 Å². The number of hydrogen-bond acceptors (Lipinski definition) is 7. The Kier molecular flexibility index (Phi) is 15.7. The van der Waals surface area contributed by atoms with Crippen LogP contribution < -0.4 is 16.0 Å². The van der Waals surface area contributed by atoms with E-state index in [0.717, 1.165) is 89.0 Å². The molecule has 3 heterocycles. The fourth-order valence-corrected chi connectivity index (χ4v) is 8.48. The number of allylic oxidation sites excluding steroid dienone is 1. The molecule has 2 saturated heterocycles. The number of benzene rings is 3. The highest BCUT2D eigenvalue weighted by Gasteiger charge is 2.37. The number of aldehydes is 1. The summed E-state index contributed by atoms with van der Waals surface area (Å²) < 4.78 is 0. The summed E-state index contributed by atoms with van der Waals surface area (Å²) in [6.45, 7) is 22.7.